The van der Waals surface area contributed by atoms with E-state index in [1.807, 2.05) is 80.6 Å². The van der Waals surface area contributed by atoms with Gasteiger partial charge in [-0.05, 0) is 65.6 Å². The van der Waals surface area contributed by atoms with Crippen LogP contribution in [0.3, 0.4) is 0 Å². The Balaban J connectivity index is 1.80. The van der Waals surface area contributed by atoms with E-state index in [-0.39, 0.29) is 11.3 Å². The number of carbonyl (C=O) groups excluding carboxylic acids is 2. The summed E-state index contributed by atoms with van der Waals surface area (Å²) < 4.78 is 5.42. The highest BCUT2D eigenvalue weighted by atomic mass is 16.5. The Morgan fingerprint density at radius 3 is 2.29 bits per heavy atom. The number of aryl methyl sites for hydroxylation is 2. The normalized spacial score (nSPS) is 17.2. The number of anilines is 1. The number of aliphatic hydroxyl groups is 1. The summed E-state index contributed by atoms with van der Waals surface area (Å²) in [5, 5.41) is 13.3. The van der Waals surface area contributed by atoms with Crippen LogP contribution in [0, 0.1) is 13.8 Å². The lowest BCUT2D eigenvalue weighted by Gasteiger charge is -2.26. The molecule has 5 heteroatoms. The molecule has 1 saturated heterocycles. The van der Waals surface area contributed by atoms with Crippen molar-refractivity contribution in [3.05, 3.63) is 113 Å². The minimum Gasteiger partial charge on any atom is -0.507 e. The minimum atomic E-state index is -0.815. The summed E-state index contributed by atoms with van der Waals surface area (Å²) in [5.41, 5.74) is 3.78. The van der Waals surface area contributed by atoms with E-state index < -0.39 is 17.7 Å². The second-order valence-electron chi connectivity index (χ2n) is 8.82. The molecule has 1 atom stereocenters. The first-order valence-electron chi connectivity index (χ1n) is 11.4. The van der Waals surface area contributed by atoms with E-state index in [0.717, 1.165) is 21.9 Å². The van der Waals surface area contributed by atoms with Crippen LogP contribution in [-0.4, -0.2) is 23.9 Å². The van der Waals surface area contributed by atoms with Crippen LogP contribution in [-0.2, 0) is 9.59 Å². The molecule has 0 spiro atoms. The van der Waals surface area contributed by atoms with Gasteiger partial charge in [-0.2, -0.15) is 0 Å². The maximum atomic E-state index is 13.5. The van der Waals surface area contributed by atoms with Crippen molar-refractivity contribution in [1.29, 1.82) is 0 Å². The lowest BCUT2D eigenvalue weighted by Crippen LogP contribution is -2.29. The van der Waals surface area contributed by atoms with Gasteiger partial charge >= 0.3 is 0 Å². The molecule has 4 aromatic rings. The zero-order valence-corrected chi connectivity index (χ0v) is 19.8. The summed E-state index contributed by atoms with van der Waals surface area (Å²) >= 11 is 0. The molecule has 1 fully saturated rings. The van der Waals surface area contributed by atoms with Gasteiger partial charge in [-0.25, -0.2) is 0 Å². The molecule has 0 bridgehead atoms. The maximum Gasteiger partial charge on any atom is 0.300 e. The summed E-state index contributed by atoms with van der Waals surface area (Å²) in [4.78, 5) is 28.5. The molecule has 0 aliphatic carbocycles. The first-order valence-corrected chi connectivity index (χ1v) is 11.4. The topological polar surface area (TPSA) is 66.8 Å². The van der Waals surface area contributed by atoms with Crippen molar-refractivity contribution in [3.8, 4) is 5.75 Å². The molecule has 1 aliphatic rings. The summed E-state index contributed by atoms with van der Waals surface area (Å²) in [6, 6.07) is 25.4. The summed E-state index contributed by atoms with van der Waals surface area (Å²) in [5.74, 6) is -0.995. The number of benzene rings is 4. The first kappa shape index (κ1) is 22.4. The number of methoxy groups -OCH3 is 1. The summed E-state index contributed by atoms with van der Waals surface area (Å²) in [6.45, 7) is 3.90. The van der Waals surface area contributed by atoms with Crippen LogP contribution in [0.4, 0.5) is 5.69 Å². The van der Waals surface area contributed by atoms with Gasteiger partial charge in [0.15, 0.2) is 0 Å². The molecule has 35 heavy (non-hydrogen) atoms. The number of ketones is 1. The zero-order chi connectivity index (χ0) is 24.7. The fourth-order valence-corrected chi connectivity index (χ4v) is 4.89. The highest BCUT2D eigenvalue weighted by molar-refractivity contribution is 6.51. The van der Waals surface area contributed by atoms with Crippen molar-refractivity contribution in [2.45, 2.75) is 19.9 Å². The number of Topliss-reactive ketones (excluding diaryl/α,β-unsaturated/α-hetero) is 1. The fourth-order valence-electron chi connectivity index (χ4n) is 4.89. The Bertz CT molecular complexity index is 1490. The molecule has 0 radical (unpaired) electrons. The largest absolute Gasteiger partial charge is 0.507 e. The Morgan fingerprint density at radius 1 is 0.857 bits per heavy atom. The summed E-state index contributed by atoms with van der Waals surface area (Å²) in [6.07, 6.45) is 0. The zero-order valence-electron chi connectivity index (χ0n) is 19.8. The predicted molar refractivity (Wildman–Crippen MR) is 138 cm³/mol. The van der Waals surface area contributed by atoms with Gasteiger partial charge in [0.25, 0.3) is 11.7 Å². The summed E-state index contributed by atoms with van der Waals surface area (Å²) in [7, 11) is 1.57. The van der Waals surface area contributed by atoms with Gasteiger partial charge in [0.05, 0.1) is 18.7 Å². The van der Waals surface area contributed by atoms with Gasteiger partial charge in [-0.15, -0.1) is 0 Å². The van der Waals surface area contributed by atoms with E-state index >= 15 is 0 Å². The highest BCUT2D eigenvalue weighted by Crippen LogP contribution is 2.43. The molecular weight excluding hydrogens is 438 g/mol. The van der Waals surface area contributed by atoms with Crippen LogP contribution < -0.4 is 9.64 Å². The number of ether oxygens (including phenoxy) is 1. The first-order chi connectivity index (χ1) is 16.9. The monoisotopic (exact) mass is 463 g/mol. The SMILES string of the molecule is COc1cccc(C2/C(=C(/O)c3cccc4ccccc34)C(=O)C(=O)N2c2cc(C)cc(C)c2)c1. The average molecular weight is 464 g/mol. The van der Waals surface area contributed by atoms with E-state index in [4.69, 9.17) is 4.74 Å². The van der Waals surface area contributed by atoms with Gasteiger partial charge in [0.2, 0.25) is 0 Å². The molecule has 1 amide bonds. The van der Waals surface area contributed by atoms with E-state index in [0.29, 0.717) is 22.6 Å². The van der Waals surface area contributed by atoms with Crippen molar-refractivity contribution in [2.75, 3.05) is 12.0 Å². The van der Waals surface area contributed by atoms with Crippen LogP contribution in [0.15, 0.2) is 90.5 Å². The number of amides is 1. The van der Waals surface area contributed by atoms with Crippen molar-refractivity contribution in [1.82, 2.24) is 0 Å². The molecule has 174 valence electrons. The minimum absolute atomic E-state index is 0.0544. The van der Waals surface area contributed by atoms with E-state index in [1.54, 1.807) is 25.3 Å². The number of nitrogens with zero attached hydrogens (tertiary/aromatic N) is 1. The van der Waals surface area contributed by atoms with Crippen LogP contribution in [0.2, 0.25) is 0 Å². The van der Waals surface area contributed by atoms with Crippen LogP contribution in [0.5, 0.6) is 5.75 Å². The van der Waals surface area contributed by atoms with E-state index in [2.05, 4.69) is 0 Å². The molecule has 0 aromatic heterocycles. The van der Waals surface area contributed by atoms with Crippen molar-refractivity contribution < 1.29 is 19.4 Å². The number of hydrogen-bond donors (Lipinski definition) is 1. The second-order valence-corrected chi connectivity index (χ2v) is 8.82. The predicted octanol–water partition coefficient (Wildman–Crippen LogP) is 6.09. The molecule has 5 rings (SSSR count). The third-order valence-corrected chi connectivity index (χ3v) is 6.38. The van der Waals surface area contributed by atoms with Crippen LogP contribution >= 0.6 is 0 Å². The smallest absolute Gasteiger partial charge is 0.300 e. The number of carbonyl (C=O) groups is 2. The van der Waals surface area contributed by atoms with Gasteiger partial charge in [-0.1, -0.05) is 60.7 Å². The maximum absolute atomic E-state index is 13.5. The Morgan fingerprint density at radius 2 is 1.54 bits per heavy atom. The molecule has 1 unspecified atom stereocenters. The molecule has 1 heterocycles. The Kier molecular flexibility index (Phi) is 5.61. The third kappa shape index (κ3) is 3.85. The Hall–Kier alpha value is -4.38. The van der Waals surface area contributed by atoms with Gasteiger partial charge in [0.1, 0.15) is 11.5 Å². The average Bonchev–Trinajstić information content (AvgIpc) is 3.13. The quantitative estimate of drug-likeness (QED) is 0.226. The number of aliphatic hydroxyl groups excluding tert-OH is 1. The number of fused-ring (bicyclic) bond motifs is 1. The van der Waals surface area contributed by atoms with Crippen molar-refractivity contribution in [3.63, 3.8) is 0 Å². The van der Waals surface area contributed by atoms with Gasteiger partial charge < -0.3 is 9.84 Å². The molecule has 5 nitrogen and oxygen atoms in total. The van der Waals surface area contributed by atoms with Crippen molar-refractivity contribution in [2.24, 2.45) is 0 Å². The van der Waals surface area contributed by atoms with Crippen molar-refractivity contribution >= 4 is 33.9 Å². The van der Waals surface area contributed by atoms with Crippen LogP contribution in [0.25, 0.3) is 16.5 Å². The molecule has 4 aromatic carbocycles. The van der Waals surface area contributed by atoms with Gasteiger partial charge in [-0.3, -0.25) is 14.5 Å². The highest BCUT2D eigenvalue weighted by Gasteiger charge is 2.47. The number of hydrogen-bond acceptors (Lipinski definition) is 4. The third-order valence-electron chi connectivity index (χ3n) is 6.38. The molecule has 1 N–H and O–H groups in total. The molecular formula is C30H25NO4. The number of rotatable bonds is 4. The Labute approximate surface area is 203 Å². The molecule has 0 saturated carbocycles. The van der Waals surface area contributed by atoms with Crippen LogP contribution in [0.1, 0.15) is 28.3 Å². The van der Waals surface area contributed by atoms with Gasteiger partial charge in [0, 0.05) is 11.3 Å². The standard InChI is InChI=1S/C30H25NO4/c1-18-14-19(2)16-22(15-18)31-27(21-10-6-11-23(17-21)35-3)26(29(33)30(31)34)28(32)25-13-7-9-20-8-4-5-12-24(20)25/h4-17,27,32H,1-3H3/b28-26-. The van der Waals surface area contributed by atoms with E-state index in [9.17, 15) is 14.7 Å². The lowest BCUT2D eigenvalue weighted by atomic mass is 9.93. The van der Waals surface area contributed by atoms with E-state index in [1.165, 1.54) is 4.90 Å². The second kappa shape index (κ2) is 8.76. The lowest BCUT2D eigenvalue weighted by molar-refractivity contribution is -0.132. The molecule has 1 aliphatic heterocycles. The fraction of sp³-hybridized carbons (Fsp3) is 0.133.